The van der Waals surface area contributed by atoms with Crippen molar-refractivity contribution in [3.63, 3.8) is 0 Å². The fourth-order valence-corrected chi connectivity index (χ4v) is 2.47. The van der Waals surface area contributed by atoms with E-state index in [4.69, 9.17) is 4.74 Å². The van der Waals surface area contributed by atoms with Gasteiger partial charge in [-0.15, -0.1) is 11.3 Å². The quantitative estimate of drug-likeness (QED) is 0.776. The van der Waals surface area contributed by atoms with E-state index in [1.165, 1.54) is 16.9 Å². The maximum Gasteiger partial charge on any atom is 0.182 e. The van der Waals surface area contributed by atoms with Crippen LogP contribution in [0, 0.1) is 0 Å². The van der Waals surface area contributed by atoms with Gasteiger partial charge in [-0.3, -0.25) is 9.78 Å². The molecule has 18 heavy (non-hydrogen) atoms. The maximum atomic E-state index is 12.1. The Morgan fingerprint density at radius 1 is 1.39 bits per heavy atom. The largest absolute Gasteiger partial charge is 0.495 e. The number of ether oxygens (including phenoxy) is 1. The minimum Gasteiger partial charge on any atom is -0.495 e. The van der Waals surface area contributed by atoms with Crippen LogP contribution in [0.1, 0.15) is 27.9 Å². The number of carbonyl (C=O) groups excluding carboxylic acids is 1. The molecule has 0 bridgehead atoms. The summed E-state index contributed by atoms with van der Waals surface area (Å²) >= 11 is 1.41. The van der Waals surface area contributed by atoms with E-state index in [0.29, 0.717) is 17.0 Å². The SMILES string of the molecule is CCc1ccc(CC(=O)c2sccc2OC)nc1. The molecule has 0 saturated carbocycles. The minimum atomic E-state index is 0.0543. The Morgan fingerprint density at radius 3 is 2.83 bits per heavy atom. The number of methoxy groups -OCH3 is 1. The second kappa shape index (κ2) is 5.78. The molecule has 0 aliphatic heterocycles. The molecule has 2 rings (SSSR count). The number of nitrogens with zero attached hydrogens (tertiary/aromatic N) is 1. The average Bonchev–Trinajstić information content (AvgIpc) is 2.88. The second-order valence-corrected chi connectivity index (χ2v) is 4.85. The smallest absolute Gasteiger partial charge is 0.182 e. The molecule has 0 fully saturated rings. The van der Waals surface area contributed by atoms with Crippen LogP contribution in [0.4, 0.5) is 0 Å². The molecular formula is C14H15NO2S. The number of hydrogen-bond donors (Lipinski definition) is 0. The lowest BCUT2D eigenvalue weighted by atomic mass is 10.1. The highest BCUT2D eigenvalue weighted by Gasteiger charge is 2.14. The van der Waals surface area contributed by atoms with Gasteiger partial charge in [-0.05, 0) is 29.5 Å². The molecule has 0 spiro atoms. The van der Waals surface area contributed by atoms with Gasteiger partial charge in [0.25, 0.3) is 0 Å². The van der Waals surface area contributed by atoms with Gasteiger partial charge in [0.2, 0.25) is 0 Å². The summed E-state index contributed by atoms with van der Waals surface area (Å²) in [6, 6.07) is 5.74. The van der Waals surface area contributed by atoms with Gasteiger partial charge in [0.05, 0.1) is 13.5 Å². The number of carbonyl (C=O) groups is 1. The van der Waals surface area contributed by atoms with E-state index >= 15 is 0 Å². The number of aryl methyl sites for hydroxylation is 1. The van der Waals surface area contributed by atoms with E-state index in [9.17, 15) is 4.79 Å². The number of aromatic nitrogens is 1. The first kappa shape index (κ1) is 12.8. The summed E-state index contributed by atoms with van der Waals surface area (Å²) in [6.07, 6.45) is 3.11. The molecule has 94 valence electrons. The van der Waals surface area contributed by atoms with Crippen LogP contribution in [-0.4, -0.2) is 17.9 Å². The Bertz CT molecular complexity index is 531. The van der Waals surface area contributed by atoms with Crippen molar-refractivity contribution < 1.29 is 9.53 Å². The van der Waals surface area contributed by atoms with Crippen molar-refractivity contribution in [2.75, 3.05) is 7.11 Å². The fraction of sp³-hybridized carbons (Fsp3) is 0.286. The Hall–Kier alpha value is -1.68. The second-order valence-electron chi connectivity index (χ2n) is 3.93. The molecule has 2 aromatic rings. The number of hydrogen-bond acceptors (Lipinski definition) is 4. The monoisotopic (exact) mass is 261 g/mol. The zero-order valence-corrected chi connectivity index (χ0v) is 11.3. The summed E-state index contributed by atoms with van der Waals surface area (Å²) in [7, 11) is 1.58. The first-order chi connectivity index (χ1) is 8.74. The van der Waals surface area contributed by atoms with E-state index in [1.807, 2.05) is 29.8 Å². The van der Waals surface area contributed by atoms with Crippen molar-refractivity contribution >= 4 is 17.1 Å². The Balaban J connectivity index is 2.11. The first-order valence-electron chi connectivity index (χ1n) is 5.83. The minimum absolute atomic E-state index is 0.0543. The standard InChI is InChI=1S/C14H15NO2S/c1-3-10-4-5-11(15-9-10)8-12(16)14-13(17-2)6-7-18-14/h4-7,9H,3,8H2,1-2H3. The van der Waals surface area contributed by atoms with Gasteiger partial charge in [-0.25, -0.2) is 0 Å². The van der Waals surface area contributed by atoms with Gasteiger partial charge in [0, 0.05) is 11.9 Å². The van der Waals surface area contributed by atoms with Crippen LogP contribution in [-0.2, 0) is 12.8 Å². The van der Waals surface area contributed by atoms with Crippen molar-refractivity contribution in [1.29, 1.82) is 0 Å². The summed E-state index contributed by atoms with van der Waals surface area (Å²) in [5.74, 6) is 0.703. The van der Waals surface area contributed by atoms with Crippen LogP contribution < -0.4 is 4.74 Å². The molecule has 3 nitrogen and oxygen atoms in total. The van der Waals surface area contributed by atoms with Crippen molar-refractivity contribution in [3.05, 3.63) is 45.9 Å². The topological polar surface area (TPSA) is 39.2 Å². The Morgan fingerprint density at radius 2 is 2.22 bits per heavy atom. The number of thiophene rings is 1. The van der Waals surface area contributed by atoms with Gasteiger partial charge in [-0.2, -0.15) is 0 Å². The third kappa shape index (κ3) is 2.76. The third-order valence-electron chi connectivity index (χ3n) is 2.74. The molecule has 4 heteroatoms. The predicted octanol–water partition coefficient (Wildman–Crippen LogP) is 3.14. The van der Waals surface area contributed by atoms with Gasteiger partial charge in [-0.1, -0.05) is 13.0 Å². The molecule has 0 N–H and O–H groups in total. The summed E-state index contributed by atoms with van der Waals surface area (Å²) < 4.78 is 5.15. The number of pyridine rings is 1. The molecule has 0 aliphatic carbocycles. The molecular weight excluding hydrogens is 246 g/mol. The summed E-state index contributed by atoms with van der Waals surface area (Å²) in [5, 5.41) is 1.86. The number of rotatable bonds is 5. The fourth-order valence-electron chi connectivity index (χ4n) is 1.68. The third-order valence-corrected chi connectivity index (χ3v) is 3.67. The Kier molecular flexibility index (Phi) is 4.10. The van der Waals surface area contributed by atoms with E-state index in [1.54, 1.807) is 7.11 Å². The normalized spacial score (nSPS) is 10.3. The predicted molar refractivity (Wildman–Crippen MR) is 72.5 cm³/mol. The lowest BCUT2D eigenvalue weighted by Crippen LogP contribution is -2.04. The zero-order valence-electron chi connectivity index (χ0n) is 10.5. The highest BCUT2D eigenvalue weighted by Crippen LogP contribution is 2.25. The summed E-state index contributed by atoms with van der Waals surface area (Å²) in [5.41, 5.74) is 1.98. The average molecular weight is 261 g/mol. The molecule has 0 amide bonds. The van der Waals surface area contributed by atoms with Crippen LogP contribution in [0.3, 0.4) is 0 Å². The lowest BCUT2D eigenvalue weighted by Gasteiger charge is -2.03. The molecule has 2 heterocycles. The van der Waals surface area contributed by atoms with Crippen LogP contribution in [0.15, 0.2) is 29.8 Å². The first-order valence-corrected chi connectivity index (χ1v) is 6.71. The molecule has 0 radical (unpaired) electrons. The van der Waals surface area contributed by atoms with Crippen molar-refractivity contribution in [3.8, 4) is 5.75 Å². The summed E-state index contributed by atoms with van der Waals surface area (Å²) in [4.78, 5) is 17.1. The number of ketones is 1. The zero-order chi connectivity index (χ0) is 13.0. The van der Waals surface area contributed by atoms with Crippen LogP contribution in [0.5, 0.6) is 5.75 Å². The maximum absolute atomic E-state index is 12.1. The van der Waals surface area contributed by atoms with E-state index < -0.39 is 0 Å². The van der Waals surface area contributed by atoms with E-state index in [2.05, 4.69) is 11.9 Å². The van der Waals surface area contributed by atoms with Crippen LogP contribution in [0.2, 0.25) is 0 Å². The molecule has 0 aliphatic rings. The highest BCUT2D eigenvalue weighted by atomic mass is 32.1. The Labute approximate surface area is 110 Å². The van der Waals surface area contributed by atoms with Gasteiger partial charge >= 0.3 is 0 Å². The molecule has 0 atom stereocenters. The molecule has 0 saturated heterocycles. The molecule has 0 unspecified atom stereocenters. The van der Waals surface area contributed by atoms with Gasteiger partial charge in [0.1, 0.15) is 10.6 Å². The van der Waals surface area contributed by atoms with E-state index in [0.717, 1.165) is 12.1 Å². The molecule has 2 aromatic heterocycles. The van der Waals surface area contributed by atoms with Crippen molar-refractivity contribution in [1.82, 2.24) is 4.98 Å². The van der Waals surface area contributed by atoms with Crippen molar-refractivity contribution in [2.45, 2.75) is 19.8 Å². The lowest BCUT2D eigenvalue weighted by molar-refractivity contribution is 0.0993. The van der Waals surface area contributed by atoms with Gasteiger partial charge < -0.3 is 4.74 Å². The van der Waals surface area contributed by atoms with E-state index in [-0.39, 0.29) is 5.78 Å². The van der Waals surface area contributed by atoms with Crippen LogP contribution >= 0.6 is 11.3 Å². The van der Waals surface area contributed by atoms with Crippen LogP contribution in [0.25, 0.3) is 0 Å². The summed E-state index contributed by atoms with van der Waals surface area (Å²) in [6.45, 7) is 2.08. The highest BCUT2D eigenvalue weighted by molar-refractivity contribution is 7.12. The van der Waals surface area contributed by atoms with Crippen molar-refractivity contribution in [2.24, 2.45) is 0 Å². The van der Waals surface area contributed by atoms with Gasteiger partial charge in [0.15, 0.2) is 5.78 Å². The number of Topliss-reactive ketones (excluding diaryl/α,β-unsaturated/α-hetero) is 1. The molecule has 0 aromatic carbocycles.